The number of ether oxygens (including phenoxy) is 1. The van der Waals surface area contributed by atoms with Gasteiger partial charge in [-0.1, -0.05) is 108 Å². The quantitative estimate of drug-likeness (QED) is 0.0618. The lowest BCUT2D eigenvalue weighted by Gasteiger charge is -2.15. The van der Waals surface area contributed by atoms with Crippen LogP contribution in [-0.4, -0.2) is 23.1 Å². The molecule has 0 aromatic carbocycles. The van der Waals surface area contributed by atoms with Gasteiger partial charge in [0.05, 0.1) is 0 Å². The van der Waals surface area contributed by atoms with Crippen LogP contribution in [0.4, 0.5) is 0 Å². The van der Waals surface area contributed by atoms with Crippen LogP contribution in [0.15, 0.2) is 36.5 Å². The molecule has 1 unspecified atom stereocenters. The number of carbonyl (C=O) groups excluding carboxylic acids is 1. The monoisotopic (exact) mass is 532 g/mol. The zero-order valence-corrected chi connectivity index (χ0v) is 25.0. The molecule has 1 atom stereocenters. The third-order valence-corrected chi connectivity index (χ3v) is 6.82. The summed E-state index contributed by atoms with van der Waals surface area (Å²) >= 11 is 0. The zero-order chi connectivity index (χ0) is 27.9. The van der Waals surface area contributed by atoms with Gasteiger partial charge in [0.2, 0.25) is 0 Å². The first kappa shape index (κ1) is 36.2. The van der Waals surface area contributed by atoms with E-state index in [-0.39, 0.29) is 18.5 Å². The molecular weight excluding hydrogens is 472 g/mol. The Kier molecular flexibility index (Phi) is 28.3. The minimum absolute atomic E-state index is 0.0813. The summed E-state index contributed by atoms with van der Waals surface area (Å²) in [6.07, 6.45) is 37.4. The summed E-state index contributed by atoms with van der Waals surface area (Å²) in [7, 11) is 0. The molecule has 0 aliphatic rings. The number of unbranched alkanes of at least 4 members (excludes halogenated alkanes) is 15. The van der Waals surface area contributed by atoms with Crippen molar-refractivity contribution >= 4 is 11.9 Å². The molecule has 0 saturated carbocycles. The number of carbonyl (C=O) groups is 2. The van der Waals surface area contributed by atoms with Gasteiger partial charge in [-0.3, -0.25) is 9.59 Å². The second-order valence-electron chi connectivity index (χ2n) is 10.6. The predicted octanol–water partition coefficient (Wildman–Crippen LogP) is 10.7. The number of esters is 1. The molecule has 0 aromatic heterocycles. The van der Waals surface area contributed by atoms with Crippen LogP contribution in [0, 0.1) is 0 Å². The molecule has 4 nitrogen and oxygen atoms in total. The Labute approximate surface area is 235 Å². The van der Waals surface area contributed by atoms with E-state index in [9.17, 15) is 9.59 Å². The summed E-state index contributed by atoms with van der Waals surface area (Å²) in [5.41, 5.74) is 0. The third-order valence-electron chi connectivity index (χ3n) is 6.82. The summed E-state index contributed by atoms with van der Waals surface area (Å²) < 4.78 is 5.81. The molecule has 4 heteroatoms. The lowest BCUT2D eigenvalue weighted by atomic mass is 10.1. The first-order valence-corrected chi connectivity index (χ1v) is 16.0. The molecule has 0 spiro atoms. The number of hydrogen-bond acceptors (Lipinski definition) is 3. The molecule has 0 aliphatic carbocycles. The number of aliphatic carboxylic acids is 1. The Hall–Kier alpha value is -1.84. The Morgan fingerprint density at radius 2 is 1.11 bits per heavy atom. The van der Waals surface area contributed by atoms with Gasteiger partial charge in [-0.05, 0) is 76.7 Å². The van der Waals surface area contributed by atoms with Gasteiger partial charge in [-0.25, -0.2) is 0 Å². The van der Waals surface area contributed by atoms with Gasteiger partial charge in [0.1, 0.15) is 6.10 Å². The lowest BCUT2D eigenvalue weighted by molar-refractivity contribution is -0.147. The van der Waals surface area contributed by atoms with Crippen molar-refractivity contribution in [1.82, 2.24) is 0 Å². The topological polar surface area (TPSA) is 63.6 Å². The molecule has 0 fully saturated rings. The van der Waals surface area contributed by atoms with Crippen LogP contribution in [0.5, 0.6) is 0 Å². The van der Waals surface area contributed by atoms with Crippen LogP contribution in [0.25, 0.3) is 0 Å². The average molecular weight is 533 g/mol. The van der Waals surface area contributed by atoms with Gasteiger partial charge in [0.15, 0.2) is 0 Å². The smallest absolute Gasteiger partial charge is 0.306 e. The van der Waals surface area contributed by atoms with E-state index in [4.69, 9.17) is 9.84 Å². The molecule has 0 heterocycles. The van der Waals surface area contributed by atoms with Crippen molar-refractivity contribution in [2.75, 3.05) is 0 Å². The van der Waals surface area contributed by atoms with E-state index in [2.05, 4.69) is 50.3 Å². The highest BCUT2D eigenvalue weighted by Gasteiger charge is 2.11. The van der Waals surface area contributed by atoms with E-state index < -0.39 is 5.97 Å². The van der Waals surface area contributed by atoms with E-state index >= 15 is 0 Å². The van der Waals surface area contributed by atoms with Crippen LogP contribution in [-0.2, 0) is 14.3 Å². The van der Waals surface area contributed by atoms with Crippen LogP contribution in [0.2, 0.25) is 0 Å². The SMILES string of the molecule is CCCCC/C=C\C/C=C\CCCCCCCC(=O)OC(/C=C\CCCCCC)CCCCCCC(=O)O. The van der Waals surface area contributed by atoms with Crippen LogP contribution in [0.3, 0.4) is 0 Å². The van der Waals surface area contributed by atoms with Gasteiger partial charge >= 0.3 is 11.9 Å². The van der Waals surface area contributed by atoms with Crippen molar-refractivity contribution < 1.29 is 19.4 Å². The minimum Gasteiger partial charge on any atom is -0.481 e. The molecule has 1 N–H and O–H groups in total. The largest absolute Gasteiger partial charge is 0.481 e. The molecule has 38 heavy (non-hydrogen) atoms. The first-order chi connectivity index (χ1) is 18.6. The van der Waals surface area contributed by atoms with Crippen LogP contribution < -0.4 is 0 Å². The lowest BCUT2D eigenvalue weighted by Crippen LogP contribution is -2.16. The van der Waals surface area contributed by atoms with Gasteiger partial charge in [0, 0.05) is 12.8 Å². The number of hydrogen-bond donors (Lipinski definition) is 1. The second kappa shape index (κ2) is 29.7. The normalized spacial score (nSPS) is 12.7. The average Bonchev–Trinajstić information content (AvgIpc) is 2.89. The van der Waals surface area contributed by atoms with Crippen LogP contribution >= 0.6 is 0 Å². The summed E-state index contributed by atoms with van der Waals surface area (Å²) in [6.45, 7) is 4.46. The Morgan fingerprint density at radius 3 is 1.76 bits per heavy atom. The van der Waals surface area contributed by atoms with Gasteiger partial charge in [0.25, 0.3) is 0 Å². The summed E-state index contributed by atoms with van der Waals surface area (Å²) in [4.78, 5) is 23.1. The maximum atomic E-state index is 12.4. The van der Waals surface area contributed by atoms with E-state index in [0.29, 0.717) is 6.42 Å². The number of carboxylic acids is 1. The van der Waals surface area contributed by atoms with Crippen molar-refractivity contribution in [2.24, 2.45) is 0 Å². The minimum atomic E-state index is -0.726. The van der Waals surface area contributed by atoms with Gasteiger partial charge in [-0.2, -0.15) is 0 Å². The standard InChI is InChI=1S/C34H60O4/c1-3-5-7-9-11-12-13-14-15-16-17-18-19-21-27-31-34(37)38-32(28-24-20-10-8-6-4-2)29-25-22-23-26-30-33(35)36/h11-12,14-15,24,28,32H,3-10,13,16-23,25-27,29-31H2,1-2H3,(H,35,36)/b12-11-,15-14-,28-24-. The third kappa shape index (κ3) is 28.7. The summed E-state index contributed by atoms with van der Waals surface area (Å²) in [6, 6.07) is 0. The summed E-state index contributed by atoms with van der Waals surface area (Å²) in [5.74, 6) is -0.807. The van der Waals surface area contributed by atoms with Crippen molar-refractivity contribution in [1.29, 1.82) is 0 Å². The molecule has 220 valence electrons. The highest BCUT2D eigenvalue weighted by molar-refractivity contribution is 5.69. The Morgan fingerprint density at radius 1 is 0.605 bits per heavy atom. The molecule has 0 saturated heterocycles. The molecule has 0 rings (SSSR count). The fraction of sp³-hybridized carbons (Fsp3) is 0.765. The number of carboxylic acid groups (broad SMARTS) is 1. The zero-order valence-electron chi connectivity index (χ0n) is 25.0. The van der Waals surface area contributed by atoms with E-state index in [1.54, 1.807) is 0 Å². The fourth-order valence-corrected chi connectivity index (χ4v) is 4.42. The molecule has 0 aliphatic heterocycles. The molecule has 0 amide bonds. The molecule has 0 radical (unpaired) electrons. The maximum absolute atomic E-state index is 12.4. The summed E-state index contributed by atoms with van der Waals surface area (Å²) in [5, 5.41) is 8.77. The van der Waals surface area contributed by atoms with Gasteiger partial charge < -0.3 is 9.84 Å². The molecule has 0 aromatic rings. The molecule has 0 bridgehead atoms. The highest BCUT2D eigenvalue weighted by atomic mass is 16.5. The number of allylic oxidation sites excluding steroid dienone is 5. The second-order valence-corrected chi connectivity index (χ2v) is 10.6. The predicted molar refractivity (Wildman–Crippen MR) is 162 cm³/mol. The first-order valence-electron chi connectivity index (χ1n) is 16.0. The highest BCUT2D eigenvalue weighted by Crippen LogP contribution is 2.14. The van der Waals surface area contributed by atoms with Crippen molar-refractivity contribution in [3.05, 3.63) is 36.5 Å². The van der Waals surface area contributed by atoms with Crippen molar-refractivity contribution in [2.45, 2.75) is 168 Å². The number of rotatable bonds is 28. The Bertz CT molecular complexity index is 620. The van der Waals surface area contributed by atoms with E-state index in [0.717, 1.165) is 64.2 Å². The van der Waals surface area contributed by atoms with E-state index in [1.165, 1.54) is 70.6 Å². The molecular formula is C34H60O4. The Balaban J connectivity index is 4.00. The van der Waals surface area contributed by atoms with Crippen molar-refractivity contribution in [3.8, 4) is 0 Å². The van der Waals surface area contributed by atoms with Crippen LogP contribution in [0.1, 0.15) is 162 Å². The maximum Gasteiger partial charge on any atom is 0.306 e. The fourth-order valence-electron chi connectivity index (χ4n) is 4.42. The van der Waals surface area contributed by atoms with E-state index in [1.807, 2.05) is 0 Å². The van der Waals surface area contributed by atoms with Crippen molar-refractivity contribution in [3.63, 3.8) is 0 Å². The van der Waals surface area contributed by atoms with Gasteiger partial charge in [-0.15, -0.1) is 0 Å².